The summed E-state index contributed by atoms with van der Waals surface area (Å²) in [6.45, 7) is 0. The van der Waals surface area contributed by atoms with E-state index < -0.39 is 0 Å². The van der Waals surface area contributed by atoms with Crippen molar-refractivity contribution < 1.29 is 0 Å². The average molecular weight is 122 g/mol. The molecule has 49 valence electrons. The summed E-state index contributed by atoms with van der Waals surface area (Å²) in [5.74, 6) is 0.944. The van der Waals surface area contributed by atoms with Crippen molar-refractivity contribution in [2.45, 2.75) is 31.7 Å². The number of rotatable bonds is 1. The first-order valence-corrected chi connectivity index (χ1v) is 3.82. The summed E-state index contributed by atoms with van der Waals surface area (Å²) in [6.07, 6.45) is 9.67. The number of nitrogens with zero attached hydrogens (tertiary/aromatic N) is 1. The van der Waals surface area contributed by atoms with Crippen LogP contribution < -0.4 is 5.32 Å². The predicted molar refractivity (Wildman–Crippen MR) is 37.0 cm³/mol. The number of hydrogen-bond donors (Lipinski definition) is 0. The fourth-order valence-electron chi connectivity index (χ4n) is 1.57. The van der Waals surface area contributed by atoms with Gasteiger partial charge in [0, 0.05) is 6.20 Å². The third kappa shape index (κ3) is 0.846. The van der Waals surface area contributed by atoms with Crippen molar-refractivity contribution in [3.05, 3.63) is 12.3 Å². The Labute approximate surface area is 56.1 Å². The van der Waals surface area contributed by atoms with Gasteiger partial charge >= 0.3 is 0 Å². The molecule has 0 N–H and O–H groups in total. The molecule has 2 rings (SSSR count). The maximum Gasteiger partial charge on any atom is 0.0562 e. The third-order valence-corrected chi connectivity index (χ3v) is 2.45. The first kappa shape index (κ1) is 5.33. The van der Waals surface area contributed by atoms with Crippen molar-refractivity contribution in [1.29, 1.82) is 0 Å². The zero-order valence-electron chi connectivity index (χ0n) is 5.59. The van der Waals surface area contributed by atoms with Gasteiger partial charge in [-0.25, -0.2) is 0 Å². The van der Waals surface area contributed by atoms with Crippen molar-refractivity contribution in [2.75, 3.05) is 0 Å². The third-order valence-electron chi connectivity index (χ3n) is 2.45. The Morgan fingerprint density at radius 2 is 2.22 bits per heavy atom. The molecule has 0 saturated heterocycles. The molecule has 0 amide bonds. The molecular weight excluding hydrogens is 110 g/mol. The second kappa shape index (κ2) is 2.05. The molecule has 1 heterocycles. The van der Waals surface area contributed by atoms with Gasteiger partial charge in [0.15, 0.2) is 0 Å². The smallest absolute Gasteiger partial charge is 0.0562 e. The van der Waals surface area contributed by atoms with Crippen LogP contribution in [-0.4, -0.2) is 6.04 Å². The Morgan fingerprint density at radius 1 is 1.33 bits per heavy atom. The normalized spacial score (nSPS) is 34.0. The molecule has 1 saturated carbocycles. The zero-order chi connectivity index (χ0) is 6.10. The summed E-state index contributed by atoms with van der Waals surface area (Å²) in [6, 6.07) is 0.679. The van der Waals surface area contributed by atoms with E-state index >= 15 is 0 Å². The minimum absolute atomic E-state index is 0.679. The maximum absolute atomic E-state index is 4.38. The lowest BCUT2D eigenvalue weighted by molar-refractivity contribution is 0.247. The van der Waals surface area contributed by atoms with Crippen LogP contribution in [0.2, 0.25) is 0 Å². The van der Waals surface area contributed by atoms with Gasteiger partial charge in [-0.1, -0.05) is 12.5 Å². The van der Waals surface area contributed by atoms with Gasteiger partial charge in [-0.3, -0.25) is 5.32 Å². The van der Waals surface area contributed by atoms with Crippen LogP contribution in [0.4, 0.5) is 0 Å². The maximum atomic E-state index is 4.38. The summed E-state index contributed by atoms with van der Waals surface area (Å²) in [4.78, 5) is 0. The Kier molecular flexibility index (Phi) is 1.22. The molecule has 1 heteroatoms. The van der Waals surface area contributed by atoms with Crippen LogP contribution in [0.3, 0.4) is 0 Å². The monoisotopic (exact) mass is 122 g/mol. The minimum Gasteiger partial charge on any atom is -0.290 e. The lowest BCUT2D eigenvalue weighted by atomic mass is 9.79. The molecule has 0 aromatic heterocycles. The molecule has 1 radical (unpaired) electrons. The van der Waals surface area contributed by atoms with E-state index in [1.54, 1.807) is 0 Å². The highest BCUT2D eigenvalue weighted by Crippen LogP contribution is 2.32. The van der Waals surface area contributed by atoms with Crippen molar-refractivity contribution >= 4 is 0 Å². The molecule has 1 aliphatic carbocycles. The Hall–Kier alpha value is -0.460. The quantitative estimate of drug-likeness (QED) is 0.502. The summed E-state index contributed by atoms with van der Waals surface area (Å²) in [5.41, 5.74) is 0. The van der Waals surface area contributed by atoms with Crippen molar-refractivity contribution in [3.63, 3.8) is 0 Å². The lowest BCUT2D eigenvalue weighted by Gasteiger charge is -2.30. The highest BCUT2D eigenvalue weighted by molar-refractivity contribution is 4.98. The second-order valence-corrected chi connectivity index (χ2v) is 3.03. The lowest BCUT2D eigenvalue weighted by Crippen LogP contribution is -2.29. The molecule has 0 aromatic carbocycles. The van der Waals surface area contributed by atoms with E-state index in [9.17, 15) is 0 Å². The van der Waals surface area contributed by atoms with E-state index in [1.165, 1.54) is 25.7 Å². The summed E-state index contributed by atoms with van der Waals surface area (Å²) in [7, 11) is 0. The molecule has 1 aliphatic heterocycles. The summed E-state index contributed by atoms with van der Waals surface area (Å²) >= 11 is 0. The topological polar surface area (TPSA) is 14.1 Å². The first-order chi connectivity index (χ1) is 4.47. The molecule has 2 aliphatic rings. The minimum atomic E-state index is 0.679. The van der Waals surface area contributed by atoms with Crippen LogP contribution in [0.15, 0.2) is 12.3 Å². The van der Waals surface area contributed by atoms with Crippen LogP contribution in [0.1, 0.15) is 25.7 Å². The first-order valence-electron chi connectivity index (χ1n) is 3.82. The predicted octanol–water partition coefficient (Wildman–Crippen LogP) is 1.68. The summed E-state index contributed by atoms with van der Waals surface area (Å²) in [5, 5.41) is 4.38. The fourth-order valence-corrected chi connectivity index (χ4v) is 1.57. The van der Waals surface area contributed by atoms with E-state index in [4.69, 9.17) is 0 Å². The van der Waals surface area contributed by atoms with Gasteiger partial charge in [0.05, 0.1) is 6.04 Å². The molecule has 1 unspecified atom stereocenters. The van der Waals surface area contributed by atoms with Gasteiger partial charge in [0.1, 0.15) is 0 Å². The van der Waals surface area contributed by atoms with Gasteiger partial charge in [-0.05, 0) is 25.2 Å². The van der Waals surface area contributed by atoms with Crippen molar-refractivity contribution in [3.8, 4) is 0 Å². The average Bonchev–Trinajstić information content (AvgIpc) is 2.11. The van der Waals surface area contributed by atoms with Crippen molar-refractivity contribution in [2.24, 2.45) is 5.92 Å². The molecule has 1 fully saturated rings. The van der Waals surface area contributed by atoms with E-state index in [2.05, 4.69) is 11.4 Å². The van der Waals surface area contributed by atoms with Crippen LogP contribution in [0, 0.1) is 5.92 Å². The number of hydrogen-bond acceptors (Lipinski definition) is 0. The van der Waals surface area contributed by atoms with E-state index in [-0.39, 0.29) is 0 Å². The van der Waals surface area contributed by atoms with Gasteiger partial charge in [0.25, 0.3) is 0 Å². The van der Waals surface area contributed by atoms with Crippen molar-refractivity contribution in [1.82, 2.24) is 5.32 Å². The van der Waals surface area contributed by atoms with E-state index in [0.29, 0.717) is 6.04 Å². The Morgan fingerprint density at radius 3 is 2.67 bits per heavy atom. The van der Waals surface area contributed by atoms with Gasteiger partial charge in [0.2, 0.25) is 0 Å². The van der Waals surface area contributed by atoms with Gasteiger partial charge < -0.3 is 0 Å². The fraction of sp³-hybridized carbons (Fsp3) is 0.750. The second-order valence-electron chi connectivity index (χ2n) is 3.03. The van der Waals surface area contributed by atoms with Crippen LogP contribution in [-0.2, 0) is 0 Å². The summed E-state index contributed by atoms with van der Waals surface area (Å²) < 4.78 is 0. The molecule has 1 nitrogen and oxygen atoms in total. The van der Waals surface area contributed by atoms with E-state index in [1.807, 2.05) is 6.20 Å². The SMILES string of the molecule is C1=C[N]C(C2CCC2)C1. The Bertz CT molecular complexity index is 117. The molecule has 0 spiro atoms. The highest BCUT2D eigenvalue weighted by atomic mass is 14.9. The van der Waals surface area contributed by atoms with Gasteiger partial charge in [-0.2, -0.15) is 0 Å². The molecular formula is C8H12N. The highest BCUT2D eigenvalue weighted by Gasteiger charge is 2.27. The van der Waals surface area contributed by atoms with E-state index in [0.717, 1.165) is 5.92 Å². The molecule has 9 heavy (non-hydrogen) atoms. The largest absolute Gasteiger partial charge is 0.290 e. The van der Waals surface area contributed by atoms with Gasteiger partial charge in [-0.15, -0.1) is 0 Å². The van der Waals surface area contributed by atoms with Crippen LogP contribution in [0.25, 0.3) is 0 Å². The Balaban J connectivity index is 1.85. The molecule has 1 atom stereocenters. The molecule has 0 aromatic rings. The molecule has 0 bridgehead atoms. The van der Waals surface area contributed by atoms with Crippen LogP contribution in [0.5, 0.6) is 0 Å². The zero-order valence-corrected chi connectivity index (χ0v) is 5.59. The standard InChI is InChI=1S/C8H12N/c1-3-7(4-1)8-5-2-6-9-8/h2,6-8H,1,3-5H2. The van der Waals surface area contributed by atoms with Crippen LogP contribution >= 0.6 is 0 Å².